The second-order valence-corrected chi connectivity index (χ2v) is 7.74. The first-order valence-electron chi connectivity index (χ1n) is 10.1. The van der Waals surface area contributed by atoms with E-state index in [0.29, 0.717) is 16.9 Å². The molecule has 0 radical (unpaired) electrons. The van der Waals surface area contributed by atoms with E-state index in [9.17, 15) is 13.7 Å². The van der Waals surface area contributed by atoms with E-state index < -0.39 is 28.1 Å². The number of nitriles is 1. The number of rotatable bonds is 5. The molecule has 134 valence electrons. The molecule has 0 aromatic carbocycles. The first kappa shape index (κ1) is 11.8. The van der Waals surface area contributed by atoms with Crippen LogP contribution >= 0.6 is 0 Å². The van der Waals surface area contributed by atoms with Gasteiger partial charge in [0.2, 0.25) is 10.0 Å². The van der Waals surface area contributed by atoms with Crippen LogP contribution in [0.15, 0.2) is 31.0 Å². The minimum atomic E-state index is -4.79. The van der Waals surface area contributed by atoms with E-state index in [1.807, 2.05) is 12.1 Å². The van der Waals surface area contributed by atoms with Gasteiger partial charge in [0.1, 0.15) is 17.5 Å². The van der Waals surface area contributed by atoms with Crippen molar-refractivity contribution in [2.45, 2.75) is 18.8 Å². The molecule has 0 spiro atoms. The summed E-state index contributed by atoms with van der Waals surface area (Å²) >= 11 is 0. The number of hydrogen-bond acceptors (Lipinski definition) is 6. The Bertz CT molecular complexity index is 1290. The molecule has 0 atom stereocenters. The molecule has 1 aliphatic rings. The molecule has 1 aliphatic heterocycles. The monoisotopic (exact) mass is 376 g/mol. The molecule has 9 nitrogen and oxygen atoms in total. The number of aromatic amines is 1. The van der Waals surface area contributed by atoms with Crippen LogP contribution in [0.1, 0.15) is 20.1 Å². The Labute approximate surface area is 157 Å². The van der Waals surface area contributed by atoms with Gasteiger partial charge in [-0.2, -0.15) is 14.7 Å². The highest BCUT2D eigenvalue weighted by molar-refractivity contribution is 7.89. The van der Waals surface area contributed by atoms with Gasteiger partial charge in [0.05, 0.1) is 30.1 Å². The standard InChI is InChI=1S/C16H17N7O2S/c1-2-26(24,25)22-9-16(10-22,4-5-17)23-8-12(7-21-23)14-13-3-6-18-15(13)20-11-19-14/h3,6-8,11H,2,4,9-10H2,1H3,(H,18,19,20)/i1D3,2D2. The largest absolute Gasteiger partial charge is 0.346 e. The van der Waals surface area contributed by atoms with Gasteiger partial charge in [-0.1, -0.05) is 0 Å². The molecule has 1 N–H and O–H groups in total. The first-order chi connectivity index (χ1) is 14.4. The van der Waals surface area contributed by atoms with Crippen LogP contribution in [0.5, 0.6) is 0 Å². The number of nitrogens with one attached hydrogen (secondary N) is 1. The van der Waals surface area contributed by atoms with E-state index in [1.54, 1.807) is 12.4 Å². The van der Waals surface area contributed by atoms with Crippen LogP contribution in [0.3, 0.4) is 0 Å². The maximum atomic E-state index is 12.6. The Kier molecular flexibility index (Phi) is 2.67. The Morgan fingerprint density at radius 3 is 3.12 bits per heavy atom. The maximum Gasteiger partial charge on any atom is 0.213 e. The van der Waals surface area contributed by atoms with E-state index in [1.165, 1.54) is 17.2 Å². The predicted molar refractivity (Wildman–Crippen MR) is 94.3 cm³/mol. The van der Waals surface area contributed by atoms with Crippen molar-refractivity contribution in [3.8, 4) is 17.3 Å². The molecule has 4 heterocycles. The molecule has 3 aromatic heterocycles. The molecule has 3 aromatic rings. The van der Waals surface area contributed by atoms with E-state index in [4.69, 9.17) is 6.85 Å². The van der Waals surface area contributed by atoms with Crippen molar-refractivity contribution in [1.29, 1.82) is 5.26 Å². The van der Waals surface area contributed by atoms with Crippen molar-refractivity contribution >= 4 is 21.1 Å². The summed E-state index contributed by atoms with van der Waals surface area (Å²) in [7, 11) is -4.79. The lowest BCUT2D eigenvalue weighted by Crippen LogP contribution is -2.64. The summed E-state index contributed by atoms with van der Waals surface area (Å²) in [5.41, 5.74) is -2.63. The molecule has 26 heavy (non-hydrogen) atoms. The highest BCUT2D eigenvalue weighted by Gasteiger charge is 2.49. The number of hydrogen-bond donors (Lipinski definition) is 1. The normalized spacial score (nSPS) is 21.0. The molecule has 0 bridgehead atoms. The van der Waals surface area contributed by atoms with Crippen LogP contribution in [0.25, 0.3) is 22.3 Å². The molecular weight excluding hydrogens is 354 g/mol. The van der Waals surface area contributed by atoms with Gasteiger partial charge in [-0.25, -0.2) is 18.4 Å². The summed E-state index contributed by atoms with van der Waals surface area (Å²) in [6.07, 6.45) is 6.19. The van der Waals surface area contributed by atoms with Gasteiger partial charge in [0.15, 0.2) is 0 Å². The van der Waals surface area contributed by atoms with Crippen LogP contribution in [0, 0.1) is 11.3 Å². The van der Waals surface area contributed by atoms with Crippen LogP contribution < -0.4 is 0 Å². The number of H-pyrrole nitrogens is 1. The average Bonchev–Trinajstić information content (AvgIpc) is 3.32. The molecular formula is C16H17N7O2S. The van der Waals surface area contributed by atoms with Gasteiger partial charge in [-0.15, -0.1) is 0 Å². The van der Waals surface area contributed by atoms with Gasteiger partial charge in [0, 0.05) is 43.3 Å². The SMILES string of the molecule is [2H]C([2H])([2H])C([2H])([2H])S(=O)(=O)N1CC(CC#N)(n2cc(-c3ncnc4[nH]ccc34)cn2)C1. The molecule has 0 aliphatic carbocycles. The summed E-state index contributed by atoms with van der Waals surface area (Å²) in [4.78, 5) is 11.4. The van der Waals surface area contributed by atoms with Crippen molar-refractivity contribution < 1.29 is 15.3 Å². The van der Waals surface area contributed by atoms with E-state index in [2.05, 4.69) is 20.1 Å². The lowest BCUT2D eigenvalue weighted by Gasteiger charge is -2.47. The zero-order valence-corrected chi connectivity index (χ0v) is 14.2. The van der Waals surface area contributed by atoms with Crippen LogP contribution in [0.4, 0.5) is 0 Å². The summed E-state index contributed by atoms with van der Waals surface area (Å²) < 4.78 is 64.4. The lowest BCUT2D eigenvalue weighted by molar-refractivity contribution is 0.0719. The smallest absolute Gasteiger partial charge is 0.213 e. The van der Waals surface area contributed by atoms with Crippen LogP contribution in [0.2, 0.25) is 0 Å². The summed E-state index contributed by atoms with van der Waals surface area (Å²) in [6, 6.07) is 3.81. The number of aromatic nitrogens is 5. The Morgan fingerprint density at radius 1 is 1.50 bits per heavy atom. The topological polar surface area (TPSA) is 121 Å². The fourth-order valence-electron chi connectivity index (χ4n) is 3.14. The minimum absolute atomic E-state index is 0.0970. The Morgan fingerprint density at radius 2 is 2.35 bits per heavy atom. The highest BCUT2D eigenvalue weighted by atomic mass is 32.2. The van der Waals surface area contributed by atoms with Gasteiger partial charge >= 0.3 is 0 Å². The van der Waals surface area contributed by atoms with Gasteiger partial charge in [-0.05, 0) is 12.9 Å². The third-order valence-corrected chi connectivity index (χ3v) is 5.71. The van der Waals surface area contributed by atoms with E-state index >= 15 is 0 Å². The minimum Gasteiger partial charge on any atom is -0.346 e. The summed E-state index contributed by atoms with van der Waals surface area (Å²) in [6.45, 7) is -3.90. The number of sulfonamides is 1. The quantitative estimate of drug-likeness (QED) is 0.712. The summed E-state index contributed by atoms with van der Waals surface area (Å²) in [5, 5.41) is 14.4. The molecule has 0 saturated carbocycles. The fourth-order valence-corrected chi connectivity index (χ4v) is 4.09. The maximum absolute atomic E-state index is 12.6. The Hall–Kier alpha value is -2.77. The summed E-state index contributed by atoms with van der Waals surface area (Å²) in [5.74, 6) is 0. The van der Waals surface area contributed by atoms with Gasteiger partial charge in [0.25, 0.3) is 0 Å². The third-order valence-electron chi connectivity index (χ3n) is 4.51. The van der Waals surface area contributed by atoms with Gasteiger partial charge in [-0.3, -0.25) is 4.68 Å². The zero-order chi connectivity index (χ0) is 22.7. The second kappa shape index (κ2) is 5.89. The van der Waals surface area contributed by atoms with Crippen molar-refractivity contribution in [2.75, 3.05) is 18.8 Å². The fraction of sp³-hybridized carbons (Fsp3) is 0.375. The molecule has 0 amide bonds. The first-order valence-corrected chi connectivity index (χ1v) is 9.07. The third kappa shape index (κ3) is 2.48. The van der Waals surface area contributed by atoms with Crippen LogP contribution in [-0.4, -0.2) is 56.2 Å². The van der Waals surface area contributed by atoms with Crippen molar-refractivity contribution in [1.82, 2.24) is 29.0 Å². The van der Waals surface area contributed by atoms with E-state index in [-0.39, 0.29) is 19.5 Å². The number of nitrogens with zero attached hydrogens (tertiary/aromatic N) is 6. The lowest BCUT2D eigenvalue weighted by atomic mass is 9.89. The zero-order valence-electron chi connectivity index (χ0n) is 18.4. The molecule has 10 heteroatoms. The number of fused-ring (bicyclic) bond motifs is 1. The molecule has 1 saturated heterocycles. The van der Waals surface area contributed by atoms with E-state index in [0.717, 1.165) is 9.69 Å². The van der Waals surface area contributed by atoms with Crippen molar-refractivity contribution in [2.24, 2.45) is 0 Å². The highest BCUT2D eigenvalue weighted by Crippen LogP contribution is 2.35. The van der Waals surface area contributed by atoms with Crippen LogP contribution in [-0.2, 0) is 15.6 Å². The van der Waals surface area contributed by atoms with Gasteiger partial charge < -0.3 is 4.98 Å². The molecule has 1 fully saturated rings. The average molecular weight is 376 g/mol. The molecule has 0 unspecified atom stereocenters. The molecule has 4 rings (SSSR count). The second-order valence-electron chi connectivity index (χ2n) is 6.07. The van der Waals surface area contributed by atoms with Crippen molar-refractivity contribution in [3.63, 3.8) is 0 Å². The predicted octanol–water partition coefficient (Wildman–Crippen LogP) is 1.10. The van der Waals surface area contributed by atoms with Crippen molar-refractivity contribution in [3.05, 3.63) is 31.0 Å². The Balaban J connectivity index is 1.65.